The Kier molecular flexibility index (Phi) is 6.76. The Hall–Kier alpha value is -3.00. The summed E-state index contributed by atoms with van der Waals surface area (Å²) in [6.07, 6.45) is 11.3. The molecule has 1 aliphatic carbocycles. The number of nitrogens with zero attached hydrogens (tertiary/aromatic N) is 4. The first-order valence-corrected chi connectivity index (χ1v) is 12.4. The van der Waals surface area contributed by atoms with Gasteiger partial charge in [0, 0.05) is 25.0 Å². The summed E-state index contributed by atoms with van der Waals surface area (Å²) in [6, 6.07) is 8.13. The number of rotatable bonds is 6. The molecule has 0 radical (unpaired) electrons. The third kappa shape index (κ3) is 5.06. The van der Waals surface area contributed by atoms with Crippen LogP contribution in [0.2, 0.25) is 0 Å². The van der Waals surface area contributed by atoms with Crippen LogP contribution in [0, 0.1) is 11.7 Å². The lowest BCUT2D eigenvalue weighted by atomic mass is 9.87. The number of hydrogen-bond acceptors (Lipinski definition) is 5. The molecule has 180 valence electrons. The van der Waals surface area contributed by atoms with Crippen molar-refractivity contribution in [2.75, 3.05) is 11.9 Å². The summed E-state index contributed by atoms with van der Waals surface area (Å²) in [7, 11) is 0. The minimum atomic E-state index is -0.344. The third-order valence-corrected chi connectivity index (χ3v) is 6.98. The van der Waals surface area contributed by atoms with Gasteiger partial charge in [-0.05, 0) is 81.2 Å². The van der Waals surface area contributed by atoms with Gasteiger partial charge >= 0.3 is 5.69 Å². The third-order valence-electron chi connectivity index (χ3n) is 6.98. The van der Waals surface area contributed by atoms with Gasteiger partial charge in [-0.3, -0.25) is 9.13 Å². The van der Waals surface area contributed by atoms with Crippen molar-refractivity contribution in [2.45, 2.75) is 70.6 Å². The summed E-state index contributed by atoms with van der Waals surface area (Å²) in [6.45, 7) is 3.51. The average molecular weight is 466 g/mol. The highest BCUT2D eigenvalue weighted by atomic mass is 19.1. The SMILES string of the molecule is CC1CCC(Nc2nccc(-c3cn(CC4CCCCO4)c(=O)n3-c3ccc(F)cc3)n2)CC1. The highest BCUT2D eigenvalue weighted by molar-refractivity contribution is 5.59. The maximum atomic E-state index is 13.6. The van der Waals surface area contributed by atoms with Crippen LogP contribution in [0.1, 0.15) is 51.9 Å². The number of benzene rings is 1. The molecule has 2 aromatic heterocycles. The van der Waals surface area contributed by atoms with Gasteiger partial charge in [0.2, 0.25) is 5.95 Å². The van der Waals surface area contributed by atoms with Gasteiger partial charge < -0.3 is 10.1 Å². The molecule has 2 fully saturated rings. The molecule has 1 atom stereocenters. The summed E-state index contributed by atoms with van der Waals surface area (Å²) < 4.78 is 22.8. The molecule has 3 heterocycles. The zero-order valence-corrected chi connectivity index (χ0v) is 19.6. The summed E-state index contributed by atoms with van der Waals surface area (Å²) in [4.78, 5) is 22.7. The summed E-state index contributed by atoms with van der Waals surface area (Å²) >= 11 is 0. The maximum absolute atomic E-state index is 13.6. The molecule has 0 bridgehead atoms. The first-order valence-electron chi connectivity index (χ1n) is 12.4. The van der Waals surface area contributed by atoms with Crippen LogP contribution in [0.3, 0.4) is 0 Å². The molecule has 7 nitrogen and oxygen atoms in total. The summed E-state index contributed by atoms with van der Waals surface area (Å²) in [5, 5.41) is 3.48. The zero-order chi connectivity index (χ0) is 23.5. The molecule has 3 aromatic rings. The molecule has 1 saturated heterocycles. The second kappa shape index (κ2) is 10.1. The highest BCUT2D eigenvalue weighted by Crippen LogP contribution is 2.26. The number of anilines is 1. The van der Waals surface area contributed by atoms with E-state index in [0.29, 0.717) is 35.6 Å². The van der Waals surface area contributed by atoms with E-state index in [1.54, 1.807) is 27.5 Å². The van der Waals surface area contributed by atoms with E-state index in [-0.39, 0.29) is 17.6 Å². The van der Waals surface area contributed by atoms with Crippen molar-refractivity contribution in [2.24, 2.45) is 5.92 Å². The topological polar surface area (TPSA) is 74.0 Å². The predicted molar refractivity (Wildman–Crippen MR) is 130 cm³/mol. The minimum absolute atomic E-state index is 0.0136. The normalized spacial score (nSPS) is 23.1. The lowest BCUT2D eigenvalue weighted by molar-refractivity contribution is 0.00543. The fourth-order valence-electron chi connectivity index (χ4n) is 4.97. The molecule has 1 aromatic carbocycles. The molecule has 1 N–H and O–H groups in total. The Balaban J connectivity index is 1.48. The van der Waals surface area contributed by atoms with Crippen LogP contribution >= 0.6 is 0 Å². The quantitative estimate of drug-likeness (QED) is 0.566. The Bertz CT molecular complexity index is 1160. The molecular weight excluding hydrogens is 433 g/mol. The molecule has 8 heteroatoms. The van der Waals surface area contributed by atoms with E-state index in [1.807, 2.05) is 12.3 Å². The molecule has 2 aliphatic rings. The monoisotopic (exact) mass is 465 g/mol. The number of aromatic nitrogens is 4. The Morgan fingerprint density at radius 1 is 1.09 bits per heavy atom. The predicted octanol–water partition coefficient (Wildman–Crippen LogP) is 4.79. The van der Waals surface area contributed by atoms with Gasteiger partial charge in [-0.15, -0.1) is 0 Å². The summed E-state index contributed by atoms with van der Waals surface area (Å²) in [5.74, 6) is 0.991. The lowest BCUT2D eigenvalue weighted by Gasteiger charge is -2.26. The van der Waals surface area contributed by atoms with Crippen molar-refractivity contribution in [1.82, 2.24) is 19.1 Å². The van der Waals surface area contributed by atoms with Gasteiger partial charge in [-0.2, -0.15) is 0 Å². The van der Waals surface area contributed by atoms with Crippen molar-refractivity contribution >= 4 is 5.95 Å². The maximum Gasteiger partial charge on any atom is 0.333 e. The average Bonchev–Trinajstić information content (AvgIpc) is 3.18. The Morgan fingerprint density at radius 2 is 1.88 bits per heavy atom. The molecule has 0 amide bonds. The minimum Gasteiger partial charge on any atom is -0.376 e. The first kappa shape index (κ1) is 22.8. The van der Waals surface area contributed by atoms with Crippen LogP contribution in [-0.2, 0) is 11.3 Å². The van der Waals surface area contributed by atoms with E-state index < -0.39 is 0 Å². The van der Waals surface area contributed by atoms with Crippen molar-refractivity contribution in [3.63, 3.8) is 0 Å². The van der Waals surface area contributed by atoms with Crippen LogP contribution in [0.15, 0.2) is 47.5 Å². The van der Waals surface area contributed by atoms with Crippen molar-refractivity contribution in [1.29, 1.82) is 0 Å². The number of ether oxygens (including phenoxy) is 1. The van der Waals surface area contributed by atoms with E-state index in [2.05, 4.69) is 17.2 Å². The molecule has 1 unspecified atom stereocenters. The van der Waals surface area contributed by atoms with Crippen LogP contribution < -0.4 is 11.0 Å². The molecule has 5 rings (SSSR count). The van der Waals surface area contributed by atoms with Gasteiger partial charge in [-0.1, -0.05) is 6.92 Å². The summed E-state index contributed by atoms with van der Waals surface area (Å²) in [5.41, 5.74) is 1.70. The second-order valence-corrected chi connectivity index (χ2v) is 9.62. The van der Waals surface area contributed by atoms with Gasteiger partial charge in [0.1, 0.15) is 5.82 Å². The van der Waals surface area contributed by atoms with Gasteiger partial charge in [-0.25, -0.2) is 19.2 Å². The van der Waals surface area contributed by atoms with Crippen LogP contribution in [0.25, 0.3) is 17.1 Å². The van der Waals surface area contributed by atoms with Gasteiger partial charge in [0.05, 0.1) is 29.7 Å². The first-order chi connectivity index (χ1) is 16.6. The van der Waals surface area contributed by atoms with Crippen LogP contribution in [0.4, 0.5) is 10.3 Å². The second-order valence-electron chi connectivity index (χ2n) is 9.62. The number of imidazole rings is 1. The molecule has 1 saturated carbocycles. The fourth-order valence-corrected chi connectivity index (χ4v) is 4.97. The molecule has 34 heavy (non-hydrogen) atoms. The molecule has 1 aliphatic heterocycles. The van der Waals surface area contributed by atoms with E-state index in [1.165, 1.54) is 25.0 Å². The Morgan fingerprint density at radius 3 is 2.62 bits per heavy atom. The van der Waals surface area contributed by atoms with Crippen molar-refractivity contribution < 1.29 is 9.13 Å². The van der Waals surface area contributed by atoms with Crippen molar-refractivity contribution in [3.8, 4) is 17.1 Å². The molecule has 0 spiro atoms. The van der Waals surface area contributed by atoms with Crippen LogP contribution in [0.5, 0.6) is 0 Å². The number of hydrogen-bond donors (Lipinski definition) is 1. The highest BCUT2D eigenvalue weighted by Gasteiger charge is 2.22. The number of nitrogens with one attached hydrogen (secondary N) is 1. The van der Waals surface area contributed by atoms with E-state index >= 15 is 0 Å². The van der Waals surface area contributed by atoms with E-state index in [0.717, 1.165) is 44.6 Å². The van der Waals surface area contributed by atoms with E-state index in [9.17, 15) is 9.18 Å². The van der Waals surface area contributed by atoms with Crippen molar-refractivity contribution in [3.05, 3.63) is 59.0 Å². The zero-order valence-electron chi connectivity index (χ0n) is 19.6. The van der Waals surface area contributed by atoms with Gasteiger partial charge in [0.25, 0.3) is 0 Å². The largest absolute Gasteiger partial charge is 0.376 e. The fraction of sp³-hybridized carbons (Fsp3) is 0.500. The lowest BCUT2D eigenvalue weighted by Crippen LogP contribution is -2.31. The smallest absolute Gasteiger partial charge is 0.333 e. The Labute approximate surface area is 199 Å². The van der Waals surface area contributed by atoms with E-state index in [4.69, 9.17) is 9.72 Å². The standard InChI is InChI=1S/C26H32FN5O2/c1-18-5-9-20(10-6-18)29-25-28-14-13-23(30-25)24-17-31(16-22-4-2-3-15-34-22)26(33)32(24)21-11-7-19(27)8-12-21/h7-8,11-14,17-18,20,22H,2-6,9-10,15-16H2,1H3,(H,28,29,30). The molecular formula is C26H32FN5O2. The van der Waals surface area contributed by atoms with Crippen LogP contribution in [-0.4, -0.2) is 37.9 Å². The van der Waals surface area contributed by atoms with Gasteiger partial charge in [0.15, 0.2) is 0 Å². The number of halogens is 1.